The molecule has 0 N–H and O–H groups in total. The second-order valence-electron chi connectivity index (χ2n) is 6.70. The van der Waals surface area contributed by atoms with Crippen molar-refractivity contribution in [3.05, 3.63) is 48.0 Å². The van der Waals surface area contributed by atoms with Gasteiger partial charge < -0.3 is 4.90 Å². The number of aromatic nitrogens is 3. The molecule has 11 heteroatoms. The van der Waals surface area contributed by atoms with Crippen LogP contribution in [0.25, 0.3) is 22.2 Å². The summed E-state index contributed by atoms with van der Waals surface area (Å²) in [6.07, 6.45) is -2.34. The zero-order chi connectivity index (χ0) is 21.0. The molecule has 1 fully saturated rings. The summed E-state index contributed by atoms with van der Waals surface area (Å²) in [5, 5.41) is 3.97. The Hall–Kier alpha value is -3.11. The summed E-state index contributed by atoms with van der Waals surface area (Å²) in [4.78, 5) is 17.1. The van der Waals surface area contributed by atoms with Crippen LogP contribution in [-0.2, 0) is 17.5 Å². The number of rotatable bonds is 3. The predicted octanol–water partition coefficient (Wildman–Crippen LogP) is 3.73. The Morgan fingerprint density at radius 2 is 1.90 bits per heavy atom. The number of benzene rings is 1. The van der Waals surface area contributed by atoms with E-state index in [1.165, 1.54) is 29.2 Å². The Morgan fingerprint density at radius 3 is 2.55 bits per heavy atom. The first kappa shape index (κ1) is 19.2. The number of pyridine rings is 1. The zero-order valence-corrected chi connectivity index (χ0v) is 14.6. The highest BCUT2D eigenvalue weighted by Crippen LogP contribution is 2.36. The Balaban J connectivity index is 1.67. The molecule has 0 aliphatic carbocycles. The first-order valence-corrected chi connectivity index (χ1v) is 8.38. The van der Waals surface area contributed by atoms with E-state index in [0.29, 0.717) is 11.6 Å². The van der Waals surface area contributed by atoms with Crippen LogP contribution in [0.15, 0.2) is 36.7 Å². The average molecular weight is 414 g/mol. The van der Waals surface area contributed by atoms with E-state index in [4.69, 9.17) is 0 Å². The van der Waals surface area contributed by atoms with Crippen molar-refractivity contribution in [1.29, 1.82) is 0 Å². The maximum absolute atomic E-state index is 14.4. The van der Waals surface area contributed by atoms with Crippen LogP contribution >= 0.6 is 0 Å². The van der Waals surface area contributed by atoms with E-state index in [2.05, 4.69) is 10.1 Å². The number of alkyl halides is 5. The number of halogens is 6. The highest BCUT2D eigenvalue weighted by atomic mass is 19.4. The highest BCUT2D eigenvalue weighted by molar-refractivity contribution is 5.83. The van der Waals surface area contributed by atoms with Gasteiger partial charge in [-0.25, -0.2) is 13.2 Å². The van der Waals surface area contributed by atoms with Gasteiger partial charge in [0.25, 0.3) is 5.92 Å². The van der Waals surface area contributed by atoms with Gasteiger partial charge in [-0.1, -0.05) is 12.1 Å². The quantitative estimate of drug-likeness (QED) is 0.614. The molecular formula is C18H12F6N4O. The summed E-state index contributed by atoms with van der Waals surface area (Å²) < 4.78 is 80.4. The minimum atomic E-state index is -4.86. The standard InChI is InChI=1S/C18H12F6N4O/c19-16-11(2-1-3-12(16)18(22,23)24)10-4-14-13(25-5-10)6-26-28(14)7-15(29)27-8-17(20,21)9-27/h1-6H,7-9H2. The third-order valence-corrected chi connectivity index (χ3v) is 4.59. The van der Waals surface area contributed by atoms with Crippen molar-refractivity contribution in [2.24, 2.45) is 0 Å². The maximum Gasteiger partial charge on any atom is 0.419 e. The van der Waals surface area contributed by atoms with E-state index in [-0.39, 0.29) is 23.2 Å². The molecule has 4 rings (SSSR count). The molecule has 0 saturated carbocycles. The first-order valence-electron chi connectivity index (χ1n) is 8.38. The Kier molecular flexibility index (Phi) is 4.28. The van der Waals surface area contributed by atoms with Crippen LogP contribution in [0.5, 0.6) is 0 Å². The molecule has 29 heavy (non-hydrogen) atoms. The van der Waals surface area contributed by atoms with Crippen molar-refractivity contribution < 1.29 is 31.1 Å². The molecule has 0 radical (unpaired) electrons. The number of nitrogens with zero attached hydrogens (tertiary/aromatic N) is 4. The van der Waals surface area contributed by atoms with Crippen LogP contribution in [0.2, 0.25) is 0 Å². The lowest BCUT2D eigenvalue weighted by Crippen LogP contribution is -2.59. The second-order valence-corrected chi connectivity index (χ2v) is 6.70. The van der Waals surface area contributed by atoms with Crippen molar-refractivity contribution in [1.82, 2.24) is 19.7 Å². The van der Waals surface area contributed by atoms with Gasteiger partial charge >= 0.3 is 6.18 Å². The summed E-state index contributed by atoms with van der Waals surface area (Å²) >= 11 is 0. The average Bonchev–Trinajstić information content (AvgIpc) is 3.01. The van der Waals surface area contributed by atoms with E-state index in [0.717, 1.165) is 11.0 Å². The molecule has 2 aromatic heterocycles. The van der Waals surface area contributed by atoms with Crippen LogP contribution in [0.1, 0.15) is 5.56 Å². The Bertz CT molecular complexity index is 1100. The van der Waals surface area contributed by atoms with E-state index in [9.17, 15) is 31.1 Å². The second kappa shape index (κ2) is 6.46. The van der Waals surface area contributed by atoms with Crippen LogP contribution in [0, 0.1) is 5.82 Å². The van der Waals surface area contributed by atoms with Crippen LogP contribution in [0.3, 0.4) is 0 Å². The lowest BCUT2D eigenvalue weighted by Gasteiger charge is -2.38. The lowest BCUT2D eigenvalue weighted by molar-refractivity contribution is -0.166. The third kappa shape index (κ3) is 3.52. The van der Waals surface area contributed by atoms with Crippen molar-refractivity contribution in [3.63, 3.8) is 0 Å². The van der Waals surface area contributed by atoms with Crippen LogP contribution < -0.4 is 0 Å². The minimum Gasteiger partial charge on any atom is -0.329 e. The maximum atomic E-state index is 14.4. The monoisotopic (exact) mass is 414 g/mol. The molecule has 0 atom stereocenters. The molecule has 3 heterocycles. The summed E-state index contributed by atoms with van der Waals surface area (Å²) in [5.41, 5.74) is -1.07. The fourth-order valence-electron chi connectivity index (χ4n) is 3.12. The third-order valence-electron chi connectivity index (χ3n) is 4.59. The summed E-state index contributed by atoms with van der Waals surface area (Å²) in [7, 11) is 0. The number of likely N-dealkylation sites (tertiary alicyclic amines) is 1. The van der Waals surface area contributed by atoms with Gasteiger partial charge in [0.2, 0.25) is 5.91 Å². The van der Waals surface area contributed by atoms with Gasteiger partial charge in [0, 0.05) is 17.3 Å². The van der Waals surface area contributed by atoms with E-state index < -0.39 is 42.5 Å². The fourth-order valence-corrected chi connectivity index (χ4v) is 3.12. The van der Waals surface area contributed by atoms with Crippen LogP contribution in [0.4, 0.5) is 26.3 Å². The molecule has 5 nitrogen and oxygen atoms in total. The number of fused-ring (bicyclic) bond motifs is 1. The van der Waals surface area contributed by atoms with Crippen molar-refractivity contribution in [3.8, 4) is 11.1 Å². The normalized spacial score (nSPS) is 16.1. The Labute approximate surface area is 159 Å². The van der Waals surface area contributed by atoms with Crippen LogP contribution in [-0.4, -0.2) is 44.6 Å². The first-order chi connectivity index (χ1) is 13.5. The van der Waals surface area contributed by atoms with E-state index >= 15 is 0 Å². The number of amides is 1. The van der Waals surface area contributed by atoms with Crippen molar-refractivity contribution in [2.45, 2.75) is 18.6 Å². The molecule has 1 saturated heterocycles. The summed E-state index contributed by atoms with van der Waals surface area (Å²) in [5.74, 6) is -4.93. The van der Waals surface area contributed by atoms with E-state index in [1.54, 1.807) is 0 Å². The number of hydrogen-bond donors (Lipinski definition) is 0. The minimum absolute atomic E-state index is 0.0609. The molecule has 0 spiro atoms. The largest absolute Gasteiger partial charge is 0.419 e. The molecular weight excluding hydrogens is 402 g/mol. The number of hydrogen-bond acceptors (Lipinski definition) is 3. The van der Waals surface area contributed by atoms with Gasteiger partial charge in [0.05, 0.1) is 30.4 Å². The highest BCUT2D eigenvalue weighted by Gasteiger charge is 2.46. The zero-order valence-electron chi connectivity index (χ0n) is 14.6. The number of carbonyl (C=O) groups excluding carboxylic acids is 1. The van der Waals surface area contributed by atoms with Gasteiger partial charge in [-0.2, -0.15) is 18.3 Å². The van der Waals surface area contributed by atoms with Crippen molar-refractivity contribution >= 4 is 16.9 Å². The van der Waals surface area contributed by atoms with Gasteiger partial charge in [0.1, 0.15) is 17.9 Å². The van der Waals surface area contributed by atoms with Crippen molar-refractivity contribution in [2.75, 3.05) is 13.1 Å². The molecule has 0 unspecified atom stereocenters. The molecule has 0 bridgehead atoms. The van der Waals surface area contributed by atoms with Gasteiger partial charge in [-0.3, -0.25) is 14.5 Å². The Morgan fingerprint density at radius 1 is 1.17 bits per heavy atom. The number of carbonyl (C=O) groups is 1. The SMILES string of the molecule is O=C(Cn1ncc2ncc(-c3cccc(C(F)(F)F)c3F)cc21)N1CC(F)(F)C1. The van der Waals surface area contributed by atoms with E-state index in [1.807, 2.05) is 0 Å². The smallest absolute Gasteiger partial charge is 0.329 e. The van der Waals surface area contributed by atoms with Gasteiger partial charge in [-0.05, 0) is 12.1 Å². The molecule has 1 aromatic carbocycles. The molecule has 1 aliphatic heterocycles. The summed E-state index contributed by atoms with van der Waals surface area (Å²) in [6.45, 7) is -1.70. The molecule has 3 aromatic rings. The molecule has 152 valence electrons. The van der Waals surface area contributed by atoms with Gasteiger partial charge in [0.15, 0.2) is 0 Å². The lowest BCUT2D eigenvalue weighted by atomic mass is 10.0. The molecule has 1 amide bonds. The topological polar surface area (TPSA) is 51.0 Å². The van der Waals surface area contributed by atoms with Gasteiger partial charge in [-0.15, -0.1) is 0 Å². The fraction of sp³-hybridized carbons (Fsp3) is 0.278. The predicted molar refractivity (Wildman–Crippen MR) is 89.5 cm³/mol. The molecule has 1 aliphatic rings. The summed E-state index contributed by atoms with van der Waals surface area (Å²) in [6, 6.07) is 4.25.